The minimum atomic E-state index is -0.0294. The first-order valence-corrected chi connectivity index (χ1v) is 12.1. The van der Waals surface area contributed by atoms with Crippen molar-refractivity contribution in [2.24, 2.45) is 5.10 Å². The zero-order valence-electron chi connectivity index (χ0n) is 18.4. The highest BCUT2D eigenvalue weighted by Gasteiger charge is 2.02. The summed E-state index contributed by atoms with van der Waals surface area (Å²) in [5, 5.41) is 4.05. The number of hydrazone groups is 1. The Labute approximate surface area is 186 Å². The highest BCUT2D eigenvalue weighted by molar-refractivity contribution is 9.10. The molecule has 1 amide bonds. The Morgan fingerprint density at radius 2 is 1.52 bits per heavy atom. The molecule has 5 heteroatoms. The molecular formula is C24H39BrN2O2. The number of nitrogens with zero attached hydrogens (tertiary/aromatic N) is 1. The highest BCUT2D eigenvalue weighted by atomic mass is 79.9. The van der Waals surface area contributed by atoms with Gasteiger partial charge in [-0.05, 0) is 24.6 Å². The van der Waals surface area contributed by atoms with Crippen LogP contribution in [0.4, 0.5) is 0 Å². The van der Waals surface area contributed by atoms with Crippen LogP contribution in [0, 0.1) is 0 Å². The molecule has 0 heterocycles. The van der Waals surface area contributed by atoms with Gasteiger partial charge in [-0.15, -0.1) is 0 Å². The predicted octanol–water partition coefficient (Wildman–Crippen LogP) is 7.39. The second-order valence-corrected chi connectivity index (χ2v) is 8.59. The van der Waals surface area contributed by atoms with Gasteiger partial charge in [0.15, 0.2) is 0 Å². The SMILES string of the molecule is CCCCCCCCCCCCCCCC(=O)NN=Cc1cc(Br)ccc1OC. The third-order valence-corrected chi connectivity index (χ3v) is 5.59. The van der Waals surface area contributed by atoms with Crippen molar-refractivity contribution in [3.05, 3.63) is 28.2 Å². The number of carbonyl (C=O) groups excluding carboxylic acids is 1. The summed E-state index contributed by atoms with van der Waals surface area (Å²) in [4.78, 5) is 11.9. The third kappa shape index (κ3) is 13.5. The monoisotopic (exact) mass is 466 g/mol. The van der Waals surface area contributed by atoms with Crippen molar-refractivity contribution in [1.82, 2.24) is 5.43 Å². The minimum absolute atomic E-state index is 0.0294. The normalized spacial score (nSPS) is 11.1. The fraction of sp³-hybridized carbons (Fsp3) is 0.667. The quantitative estimate of drug-likeness (QED) is 0.148. The second-order valence-electron chi connectivity index (χ2n) is 7.67. The Balaban J connectivity index is 1.99. The maximum Gasteiger partial charge on any atom is 0.240 e. The Morgan fingerprint density at radius 3 is 2.07 bits per heavy atom. The molecule has 0 aliphatic heterocycles. The Hall–Kier alpha value is -1.36. The summed E-state index contributed by atoms with van der Waals surface area (Å²) >= 11 is 3.43. The lowest BCUT2D eigenvalue weighted by molar-refractivity contribution is -0.121. The van der Waals surface area contributed by atoms with Crippen molar-refractivity contribution in [3.8, 4) is 5.75 Å². The summed E-state index contributed by atoms with van der Waals surface area (Å²) in [5.41, 5.74) is 3.43. The van der Waals surface area contributed by atoms with Gasteiger partial charge >= 0.3 is 0 Å². The average Bonchev–Trinajstić information content (AvgIpc) is 2.71. The number of hydrogen-bond acceptors (Lipinski definition) is 3. The van der Waals surface area contributed by atoms with Gasteiger partial charge in [-0.3, -0.25) is 4.79 Å². The number of methoxy groups -OCH3 is 1. The van der Waals surface area contributed by atoms with Gasteiger partial charge in [0.2, 0.25) is 5.91 Å². The summed E-state index contributed by atoms with van der Waals surface area (Å²) in [7, 11) is 1.62. The number of unbranched alkanes of at least 4 members (excludes halogenated alkanes) is 12. The van der Waals surface area contributed by atoms with Crippen molar-refractivity contribution in [2.75, 3.05) is 7.11 Å². The van der Waals surface area contributed by atoms with Gasteiger partial charge in [-0.1, -0.05) is 99.9 Å². The van der Waals surface area contributed by atoms with E-state index in [9.17, 15) is 4.79 Å². The highest BCUT2D eigenvalue weighted by Crippen LogP contribution is 2.21. The largest absolute Gasteiger partial charge is 0.496 e. The van der Waals surface area contributed by atoms with E-state index in [1.54, 1.807) is 13.3 Å². The topological polar surface area (TPSA) is 50.7 Å². The average molecular weight is 467 g/mol. The molecule has 164 valence electrons. The van der Waals surface area contributed by atoms with Crippen LogP contribution in [0.25, 0.3) is 0 Å². The number of amides is 1. The summed E-state index contributed by atoms with van der Waals surface area (Å²) in [6.07, 6.45) is 19.1. The molecule has 0 bridgehead atoms. The zero-order valence-corrected chi connectivity index (χ0v) is 19.9. The number of halogens is 1. The van der Waals surface area contributed by atoms with Crippen LogP contribution < -0.4 is 10.2 Å². The summed E-state index contributed by atoms with van der Waals surface area (Å²) in [5.74, 6) is 0.695. The molecule has 0 radical (unpaired) electrons. The van der Waals surface area contributed by atoms with Crippen LogP contribution in [0.5, 0.6) is 5.75 Å². The third-order valence-electron chi connectivity index (χ3n) is 5.09. The van der Waals surface area contributed by atoms with Gasteiger partial charge in [0.25, 0.3) is 0 Å². The van der Waals surface area contributed by atoms with Gasteiger partial charge in [-0.25, -0.2) is 5.43 Å². The number of ether oxygens (including phenoxy) is 1. The summed E-state index contributed by atoms with van der Waals surface area (Å²) in [6.45, 7) is 2.27. The van der Waals surface area contributed by atoms with E-state index in [-0.39, 0.29) is 5.91 Å². The van der Waals surface area contributed by atoms with E-state index < -0.39 is 0 Å². The van der Waals surface area contributed by atoms with Crippen LogP contribution in [0.15, 0.2) is 27.8 Å². The molecule has 0 spiro atoms. The van der Waals surface area contributed by atoms with Crippen molar-refractivity contribution in [1.29, 1.82) is 0 Å². The van der Waals surface area contributed by atoms with Gasteiger partial charge in [-0.2, -0.15) is 5.10 Å². The Morgan fingerprint density at radius 1 is 0.966 bits per heavy atom. The lowest BCUT2D eigenvalue weighted by Crippen LogP contribution is -2.17. The first-order valence-electron chi connectivity index (χ1n) is 11.3. The van der Waals surface area contributed by atoms with Crippen LogP contribution in [0.3, 0.4) is 0 Å². The molecule has 0 fully saturated rings. The molecule has 29 heavy (non-hydrogen) atoms. The molecule has 0 saturated carbocycles. The molecular weight excluding hydrogens is 428 g/mol. The molecule has 0 aliphatic rings. The molecule has 0 saturated heterocycles. The van der Waals surface area contributed by atoms with Gasteiger partial charge in [0.05, 0.1) is 13.3 Å². The number of rotatable bonds is 17. The number of hydrogen-bond donors (Lipinski definition) is 1. The van der Waals surface area contributed by atoms with Gasteiger partial charge in [0.1, 0.15) is 5.75 Å². The van der Waals surface area contributed by atoms with Crippen molar-refractivity contribution < 1.29 is 9.53 Å². The van der Waals surface area contributed by atoms with Crippen molar-refractivity contribution in [2.45, 2.75) is 96.8 Å². The molecule has 4 nitrogen and oxygen atoms in total. The Kier molecular flexibility index (Phi) is 15.5. The number of benzene rings is 1. The van der Waals surface area contributed by atoms with E-state index in [4.69, 9.17) is 4.74 Å². The molecule has 0 aromatic heterocycles. The first kappa shape index (κ1) is 25.7. The van der Waals surface area contributed by atoms with Gasteiger partial charge in [0, 0.05) is 16.5 Å². The molecule has 0 unspecified atom stereocenters. The van der Waals surface area contributed by atoms with Crippen molar-refractivity contribution >= 4 is 28.1 Å². The van der Waals surface area contributed by atoms with E-state index >= 15 is 0 Å². The molecule has 0 aliphatic carbocycles. The van der Waals surface area contributed by atoms with Crippen LogP contribution >= 0.6 is 15.9 Å². The second kappa shape index (κ2) is 17.5. The molecule has 1 rings (SSSR count). The van der Waals surface area contributed by atoms with Crippen LogP contribution in [-0.2, 0) is 4.79 Å². The molecule has 1 aromatic carbocycles. The molecule has 0 atom stereocenters. The zero-order chi connectivity index (χ0) is 21.2. The van der Waals surface area contributed by atoms with Crippen LogP contribution in [-0.4, -0.2) is 19.2 Å². The smallest absolute Gasteiger partial charge is 0.240 e. The Bertz CT molecular complexity index is 590. The van der Waals surface area contributed by atoms with E-state index in [1.807, 2.05) is 18.2 Å². The van der Waals surface area contributed by atoms with Crippen LogP contribution in [0.1, 0.15) is 102 Å². The summed E-state index contributed by atoms with van der Waals surface area (Å²) in [6, 6.07) is 5.67. The molecule has 1 aromatic rings. The maximum atomic E-state index is 11.9. The summed E-state index contributed by atoms with van der Waals surface area (Å²) < 4.78 is 6.23. The van der Waals surface area contributed by atoms with E-state index in [0.29, 0.717) is 6.42 Å². The van der Waals surface area contributed by atoms with E-state index in [1.165, 1.54) is 70.6 Å². The van der Waals surface area contributed by atoms with Gasteiger partial charge < -0.3 is 4.74 Å². The standard InChI is InChI=1S/C24H39BrN2O2/c1-3-4-5-6-7-8-9-10-11-12-13-14-15-16-24(28)27-26-20-21-19-22(25)17-18-23(21)29-2/h17-20H,3-16H2,1-2H3,(H,27,28). The minimum Gasteiger partial charge on any atom is -0.496 e. The van der Waals surface area contributed by atoms with E-state index in [0.717, 1.165) is 28.6 Å². The maximum absolute atomic E-state index is 11.9. The fourth-order valence-electron chi connectivity index (χ4n) is 3.34. The number of carbonyl (C=O) groups is 1. The van der Waals surface area contributed by atoms with E-state index in [2.05, 4.69) is 33.4 Å². The lowest BCUT2D eigenvalue weighted by Gasteiger charge is -2.05. The van der Waals surface area contributed by atoms with Crippen LogP contribution in [0.2, 0.25) is 0 Å². The fourth-order valence-corrected chi connectivity index (χ4v) is 3.72. The predicted molar refractivity (Wildman–Crippen MR) is 127 cm³/mol. The first-order chi connectivity index (χ1) is 14.2. The molecule has 1 N–H and O–H groups in total. The lowest BCUT2D eigenvalue weighted by atomic mass is 10.0. The number of nitrogens with one attached hydrogen (secondary N) is 1. The van der Waals surface area contributed by atoms with Crippen molar-refractivity contribution in [3.63, 3.8) is 0 Å².